The molecule has 0 bridgehead atoms. The molecule has 1 aromatic rings. The van der Waals surface area contributed by atoms with Gasteiger partial charge in [0.1, 0.15) is 17.7 Å². The van der Waals surface area contributed by atoms with Crippen LogP contribution in [0, 0.1) is 0 Å². The molecule has 0 aromatic carbocycles. The van der Waals surface area contributed by atoms with E-state index in [1.54, 1.807) is 0 Å². The second-order valence-electron chi connectivity index (χ2n) is 5.41. The van der Waals surface area contributed by atoms with Crippen LogP contribution < -0.4 is 5.32 Å². The largest absolute Gasteiger partial charge is 0.411 e. The molecule has 1 fully saturated rings. The lowest BCUT2D eigenvalue weighted by atomic mass is 10.1. The van der Waals surface area contributed by atoms with Crippen molar-refractivity contribution in [2.24, 2.45) is 0 Å². The van der Waals surface area contributed by atoms with E-state index >= 15 is 0 Å². The van der Waals surface area contributed by atoms with Gasteiger partial charge in [0.2, 0.25) is 0 Å². The van der Waals surface area contributed by atoms with Crippen molar-refractivity contribution in [1.29, 1.82) is 0 Å². The number of hydrogen-bond donors (Lipinski definition) is 1. The lowest BCUT2D eigenvalue weighted by Crippen LogP contribution is -2.39. The van der Waals surface area contributed by atoms with Gasteiger partial charge in [0.05, 0.1) is 0 Å². The maximum absolute atomic E-state index is 13.0. The van der Waals surface area contributed by atoms with Crippen LogP contribution in [-0.4, -0.2) is 21.7 Å². The van der Waals surface area contributed by atoms with Crippen LogP contribution in [0.15, 0.2) is 6.33 Å². The number of alkyl halides is 3. The van der Waals surface area contributed by atoms with Crippen LogP contribution in [0.3, 0.4) is 0 Å². The van der Waals surface area contributed by atoms with Crippen molar-refractivity contribution in [3.05, 3.63) is 17.6 Å². The van der Waals surface area contributed by atoms with Gasteiger partial charge in [0, 0.05) is 11.3 Å². The van der Waals surface area contributed by atoms with Crippen molar-refractivity contribution in [1.82, 2.24) is 9.97 Å². The summed E-state index contributed by atoms with van der Waals surface area (Å²) in [5.41, 5.74) is 0.0463. The topological polar surface area (TPSA) is 37.8 Å². The number of nitrogens with zero attached hydrogens (tertiary/aromatic N) is 2. The first-order valence-electron chi connectivity index (χ1n) is 6.69. The number of rotatable bonds is 2. The van der Waals surface area contributed by atoms with E-state index in [4.69, 9.17) is 0 Å². The molecule has 6 heteroatoms. The molecule has 1 N–H and O–H groups in total. The van der Waals surface area contributed by atoms with E-state index in [0.29, 0.717) is 5.82 Å². The molecule has 1 saturated carbocycles. The van der Waals surface area contributed by atoms with Crippen molar-refractivity contribution in [3.63, 3.8) is 0 Å². The smallest absolute Gasteiger partial charge is 0.356 e. The van der Waals surface area contributed by atoms with Gasteiger partial charge in [-0.15, -0.1) is 0 Å². The average molecular weight is 271 g/mol. The predicted octanol–water partition coefficient (Wildman–Crippen LogP) is 3.25. The summed E-state index contributed by atoms with van der Waals surface area (Å²) in [7, 11) is 0. The second kappa shape index (κ2) is 4.35. The van der Waals surface area contributed by atoms with Gasteiger partial charge in [-0.05, 0) is 38.5 Å². The third kappa shape index (κ3) is 2.28. The summed E-state index contributed by atoms with van der Waals surface area (Å²) in [4.78, 5) is 8.27. The quantitative estimate of drug-likeness (QED) is 0.839. The number of hydrogen-bond acceptors (Lipinski definition) is 3. The Morgan fingerprint density at radius 3 is 2.47 bits per heavy atom. The van der Waals surface area contributed by atoms with Gasteiger partial charge in [-0.1, -0.05) is 6.42 Å². The number of aromatic nitrogens is 2. The lowest BCUT2D eigenvalue weighted by molar-refractivity contribution is -0.151. The maximum atomic E-state index is 13.0. The van der Waals surface area contributed by atoms with Crippen molar-refractivity contribution in [3.8, 4) is 0 Å². The van der Waals surface area contributed by atoms with Gasteiger partial charge < -0.3 is 5.32 Å². The fraction of sp³-hybridized carbons (Fsp3) is 0.692. The molecule has 0 saturated heterocycles. The number of aryl methyl sites for hydroxylation is 1. The Kier molecular flexibility index (Phi) is 2.91. The molecular weight excluding hydrogens is 255 g/mol. The van der Waals surface area contributed by atoms with Crippen molar-refractivity contribution in [2.45, 2.75) is 56.7 Å². The standard InChI is InChI=1S/C13H16F3N3/c14-13(15,16)12(6-7-12)19-11-9-4-2-1-3-5-10(9)17-8-18-11/h8H,1-7H2,(H,17,18,19). The molecule has 2 aliphatic carbocycles. The fourth-order valence-electron chi connectivity index (χ4n) is 2.64. The van der Waals surface area contributed by atoms with E-state index in [-0.39, 0.29) is 12.8 Å². The number of halogens is 3. The monoisotopic (exact) mass is 271 g/mol. The maximum Gasteiger partial charge on any atom is 0.411 e. The molecule has 1 heterocycles. The highest BCUT2D eigenvalue weighted by Crippen LogP contribution is 2.51. The zero-order valence-corrected chi connectivity index (χ0v) is 10.6. The van der Waals surface area contributed by atoms with E-state index in [2.05, 4.69) is 15.3 Å². The van der Waals surface area contributed by atoms with Crippen LogP contribution in [0.4, 0.5) is 19.0 Å². The van der Waals surface area contributed by atoms with Crippen LogP contribution >= 0.6 is 0 Å². The molecular formula is C13H16F3N3. The minimum absolute atomic E-state index is 0.134. The van der Waals surface area contributed by atoms with Crippen LogP contribution in [0.25, 0.3) is 0 Å². The summed E-state index contributed by atoms with van der Waals surface area (Å²) in [6.45, 7) is 0. The van der Waals surface area contributed by atoms with Gasteiger partial charge in [-0.3, -0.25) is 0 Å². The SMILES string of the molecule is FC(F)(F)C1(Nc2ncnc3c2CCCCC3)CC1. The molecule has 3 nitrogen and oxygen atoms in total. The van der Waals surface area contributed by atoms with Crippen molar-refractivity contribution < 1.29 is 13.2 Å². The first-order valence-corrected chi connectivity index (χ1v) is 6.69. The number of nitrogens with one attached hydrogen (secondary N) is 1. The Balaban J connectivity index is 1.90. The third-order valence-corrected chi connectivity index (χ3v) is 4.03. The Morgan fingerprint density at radius 1 is 1.05 bits per heavy atom. The van der Waals surface area contributed by atoms with E-state index in [0.717, 1.165) is 43.4 Å². The van der Waals surface area contributed by atoms with E-state index in [9.17, 15) is 13.2 Å². The first-order chi connectivity index (χ1) is 9.02. The van der Waals surface area contributed by atoms with Gasteiger partial charge >= 0.3 is 6.18 Å². The van der Waals surface area contributed by atoms with Crippen LogP contribution in [-0.2, 0) is 12.8 Å². The third-order valence-electron chi connectivity index (χ3n) is 4.03. The molecule has 104 valence electrons. The number of fused-ring (bicyclic) bond motifs is 1. The van der Waals surface area contributed by atoms with E-state index < -0.39 is 11.7 Å². The highest BCUT2D eigenvalue weighted by atomic mass is 19.4. The normalized spacial score (nSPS) is 21.4. The van der Waals surface area contributed by atoms with Crippen molar-refractivity contribution >= 4 is 5.82 Å². The van der Waals surface area contributed by atoms with Gasteiger partial charge in [-0.25, -0.2) is 9.97 Å². The molecule has 0 spiro atoms. The minimum atomic E-state index is -4.21. The summed E-state index contributed by atoms with van der Waals surface area (Å²) in [6.07, 6.45) is 2.18. The molecule has 3 rings (SSSR count). The highest BCUT2D eigenvalue weighted by Gasteiger charge is 2.63. The van der Waals surface area contributed by atoms with Crippen molar-refractivity contribution in [2.75, 3.05) is 5.32 Å². The first kappa shape index (κ1) is 12.7. The molecule has 19 heavy (non-hydrogen) atoms. The molecule has 0 unspecified atom stereocenters. The van der Waals surface area contributed by atoms with E-state index in [1.165, 1.54) is 6.33 Å². The summed E-state index contributed by atoms with van der Waals surface area (Å²) in [5.74, 6) is 0.390. The van der Waals surface area contributed by atoms with E-state index in [1.807, 2.05) is 0 Å². The Hall–Kier alpha value is -1.33. The summed E-state index contributed by atoms with van der Waals surface area (Å²) >= 11 is 0. The molecule has 0 amide bonds. The molecule has 1 aromatic heterocycles. The number of anilines is 1. The molecule has 0 aliphatic heterocycles. The summed E-state index contributed by atoms with van der Waals surface area (Å²) < 4.78 is 39.0. The van der Waals surface area contributed by atoms with Gasteiger partial charge in [0.15, 0.2) is 0 Å². The van der Waals surface area contributed by atoms with Crippen LogP contribution in [0.1, 0.15) is 43.4 Å². The average Bonchev–Trinajstić information content (AvgIpc) is 3.12. The summed E-state index contributed by atoms with van der Waals surface area (Å²) in [6, 6.07) is 0. The Labute approximate surface area is 109 Å². The summed E-state index contributed by atoms with van der Waals surface area (Å²) in [5, 5.41) is 2.65. The van der Waals surface area contributed by atoms with Gasteiger partial charge in [0.25, 0.3) is 0 Å². The highest BCUT2D eigenvalue weighted by molar-refractivity contribution is 5.50. The Morgan fingerprint density at radius 2 is 1.79 bits per heavy atom. The zero-order valence-electron chi connectivity index (χ0n) is 10.6. The minimum Gasteiger partial charge on any atom is -0.356 e. The zero-order chi connectivity index (χ0) is 13.5. The lowest BCUT2D eigenvalue weighted by Gasteiger charge is -2.23. The Bertz CT molecular complexity index is 481. The van der Waals surface area contributed by atoms with Crippen LogP contribution in [0.2, 0.25) is 0 Å². The van der Waals surface area contributed by atoms with Gasteiger partial charge in [-0.2, -0.15) is 13.2 Å². The second-order valence-corrected chi connectivity index (χ2v) is 5.41. The molecule has 2 aliphatic rings. The molecule has 0 atom stereocenters. The molecule has 0 radical (unpaired) electrons. The predicted molar refractivity (Wildman–Crippen MR) is 64.9 cm³/mol. The van der Waals surface area contributed by atoms with Crippen LogP contribution in [0.5, 0.6) is 0 Å². The fourth-order valence-corrected chi connectivity index (χ4v) is 2.64.